The molecule has 2 aliphatic heterocycles. The SMILES string of the molecule is CC(C)(C)C(=O)ON1CCN(c2ccc(B3OC(C)(C)C(C)(C)O3)cc2)CC1. The second-order valence-electron chi connectivity index (χ2n) is 9.72. The van der Waals surface area contributed by atoms with E-state index in [0.717, 1.165) is 24.2 Å². The minimum absolute atomic E-state index is 0.187. The summed E-state index contributed by atoms with van der Waals surface area (Å²) in [7, 11) is -0.340. The topological polar surface area (TPSA) is 51.2 Å². The summed E-state index contributed by atoms with van der Waals surface area (Å²) in [6, 6.07) is 8.36. The Morgan fingerprint density at radius 2 is 1.46 bits per heavy atom. The molecule has 0 N–H and O–H groups in total. The summed E-state index contributed by atoms with van der Waals surface area (Å²) in [6.45, 7) is 16.9. The first kappa shape index (κ1) is 21.2. The van der Waals surface area contributed by atoms with Gasteiger partial charge in [-0.05, 0) is 66.1 Å². The van der Waals surface area contributed by atoms with Crippen molar-refractivity contribution in [2.24, 2.45) is 5.41 Å². The van der Waals surface area contributed by atoms with Crippen LogP contribution in [0.3, 0.4) is 0 Å². The summed E-state index contributed by atoms with van der Waals surface area (Å²) < 4.78 is 12.2. The van der Waals surface area contributed by atoms with Gasteiger partial charge in [-0.3, -0.25) is 0 Å². The van der Waals surface area contributed by atoms with Crippen LogP contribution in [0.2, 0.25) is 0 Å². The van der Waals surface area contributed by atoms with Crippen LogP contribution in [0.4, 0.5) is 5.69 Å². The lowest BCUT2D eigenvalue weighted by Gasteiger charge is -2.35. The van der Waals surface area contributed by atoms with Gasteiger partial charge >= 0.3 is 13.1 Å². The average molecular weight is 388 g/mol. The molecular formula is C21H33BN2O4. The van der Waals surface area contributed by atoms with Gasteiger partial charge in [0.05, 0.1) is 29.7 Å². The second kappa shape index (κ2) is 7.36. The zero-order chi connectivity index (χ0) is 20.7. The van der Waals surface area contributed by atoms with Crippen molar-refractivity contribution in [2.75, 3.05) is 31.1 Å². The molecular weight excluding hydrogens is 355 g/mol. The van der Waals surface area contributed by atoms with Gasteiger partial charge in [0.1, 0.15) is 0 Å². The number of benzene rings is 1. The highest BCUT2D eigenvalue weighted by molar-refractivity contribution is 6.62. The predicted octanol–water partition coefficient (Wildman–Crippen LogP) is 2.61. The molecule has 1 aromatic carbocycles. The largest absolute Gasteiger partial charge is 0.494 e. The molecule has 0 bridgehead atoms. The van der Waals surface area contributed by atoms with Gasteiger partial charge in [-0.15, -0.1) is 5.06 Å². The average Bonchev–Trinajstić information content (AvgIpc) is 2.82. The van der Waals surface area contributed by atoms with E-state index < -0.39 is 5.41 Å². The third-order valence-corrected chi connectivity index (χ3v) is 5.85. The Kier molecular flexibility index (Phi) is 5.56. The number of rotatable bonds is 3. The Balaban J connectivity index is 1.56. The Morgan fingerprint density at radius 3 is 1.93 bits per heavy atom. The standard InChI is InChI=1S/C21H33BN2O4/c1-19(2,3)18(25)26-24-14-12-23(13-15-24)17-10-8-16(9-11-17)22-27-20(4,5)21(6,7)28-22/h8-11H,12-15H2,1-7H3. The first-order chi connectivity index (χ1) is 12.9. The van der Waals surface area contributed by atoms with E-state index in [-0.39, 0.29) is 24.3 Å². The van der Waals surface area contributed by atoms with Crippen LogP contribution >= 0.6 is 0 Å². The molecule has 0 atom stereocenters. The summed E-state index contributed by atoms with van der Waals surface area (Å²) in [5, 5.41) is 1.77. The fourth-order valence-electron chi connectivity index (χ4n) is 3.11. The quantitative estimate of drug-likeness (QED) is 0.742. The molecule has 7 heteroatoms. The molecule has 28 heavy (non-hydrogen) atoms. The Morgan fingerprint density at radius 1 is 0.964 bits per heavy atom. The highest BCUT2D eigenvalue weighted by atomic mass is 16.7. The lowest BCUT2D eigenvalue weighted by molar-refractivity contribution is -0.201. The van der Waals surface area contributed by atoms with Gasteiger partial charge < -0.3 is 19.0 Å². The maximum absolute atomic E-state index is 12.0. The van der Waals surface area contributed by atoms with Crippen LogP contribution in [0.5, 0.6) is 0 Å². The van der Waals surface area contributed by atoms with Crippen molar-refractivity contribution in [1.29, 1.82) is 0 Å². The molecule has 2 saturated heterocycles. The van der Waals surface area contributed by atoms with Crippen molar-refractivity contribution in [3.05, 3.63) is 24.3 Å². The normalized spacial score (nSPS) is 22.4. The molecule has 0 radical (unpaired) electrons. The van der Waals surface area contributed by atoms with Gasteiger partial charge in [0, 0.05) is 18.8 Å². The molecule has 0 spiro atoms. The number of anilines is 1. The predicted molar refractivity (Wildman–Crippen MR) is 111 cm³/mol. The lowest BCUT2D eigenvalue weighted by atomic mass is 9.79. The highest BCUT2D eigenvalue weighted by Crippen LogP contribution is 2.36. The van der Waals surface area contributed by atoms with E-state index in [1.165, 1.54) is 0 Å². The van der Waals surface area contributed by atoms with E-state index in [4.69, 9.17) is 14.1 Å². The van der Waals surface area contributed by atoms with Crippen LogP contribution in [0.15, 0.2) is 24.3 Å². The molecule has 154 valence electrons. The number of hydrogen-bond donors (Lipinski definition) is 0. The maximum atomic E-state index is 12.0. The first-order valence-corrected chi connectivity index (χ1v) is 10.1. The molecule has 0 aromatic heterocycles. The molecule has 0 amide bonds. The van der Waals surface area contributed by atoms with Crippen molar-refractivity contribution in [3.63, 3.8) is 0 Å². The number of piperazine rings is 1. The second-order valence-corrected chi connectivity index (χ2v) is 9.72. The van der Waals surface area contributed by atoms with E-state index >= 15 is 0 Å². The van der Waals surface area contributed by atoms with Crippen LogP contribution < -0.4 is 10.4 Å². The fraction of sp³-hybridized carbons (Fsp3) is 0.667. The zero-order valence-corrected chi connectivity index (χ0v) is 18.2. The van der Waals surface area contributed by atoms with Gasteiger partial charge in [0.2, 0.25) is 0 Å². The van der Waals surface area contributed by atoms with Crippen LogP contribution in [0, 0.1) is 5.41 Å². The Hall–Kier alpha value is -1.57. The summed E-state index contributed by atoms with van der Waals surface area (Å²) in [5.41, 5.74) is 1.02. The smallest absolute Gasteiger partial charge is 0.399 e. The van der Waals surface area contributed by atoms with Crippen molar-refractivity contribution in [3.8, 4) is 0 Å². The summed E-state index contributed by atoms with van der Waals surface area (Å²) >= 11 is 0. The number of hydroxylamine groups is 2. The first-order valence-electron chi connectivity index (χ1n) is 10.1. The van der Waals surface area contributed by atoms with Gasteiger partial charge in [0.15, 0.2) is 0 Å². The molecule has 2 heterocycles. The molecule has 0 saturated carbocycles. The third kappa shape index (κ3) is 4.37. The zero-order valence-electron chi connectivity index (χ0n) is 18.2. The van der Waals surface area contributed by atoms with E-state index in [1.54, 1.807) is 5.06 Å². The molecule has 0 unspecified atom stereocenters. The van der Waals surface area contributed by atoms with Crippen molar-refractivity contribution < 1.29 is 18.9 Å². The summed E-state index contributed by atoms with van der Waals surface area (Å²) in [6.07, 6.45) is 0. The van der Waals surface area contributed by atoms with Crippen LogP contribution in [-0.2, 0) is 18.9 Å². The van der Waals surface area contributed by atoms with E-state index in [0.29, 0.717) is 13.1 Å². The molecule has 2 fully saturated rings. The molecule has 2 aliphatic rings. The number of nitrogens with zero attached hydrogens (tertiary/aromatic N) is 2. The van der Waals surface area contributed by atoms with Crippen LogP contribution in [-0.4, -0.2) is 55.5 Å². The van der Waals surface area contributed by atoms with Gasteiger partial charge in [0.25, 0.3) is 0 Å². The molecule has 6 nitrogen and oxygen atoms in total. The van der Waals surface area contributed by atoms with E-state index in [9.17, 15) is 4.79 Å². The summed E-state index contributed by atoms with van der Waals surface area (Å²) in [4.78, 5) is 19.8. The number of carbonyl (C=O) groups excluding carboxylic acids is 1. The van der Waals surface area contributed by atoms with Crippen molar-refractivity contribution >= 4 is 24.2 Å². The number of hydrogen-bond acceptors (Lipinski definition) is 6. The Bertz CT molecular complexity index is 688. The third-order valence-electron chi connectivity index (χ3n) is 5.85. The fourth-order valence-corrected chi connectivity index (χ4v) is 3.11. The molecule has 3 rings (SSSR count). The molecule has 1 aromatic rings. The molecule has 0 aliphatic carbocycles. The van der Waals surface area contributed by atoms with E-state index in [2.05, 4.69) is 56.9 Å². The van der Waals surface area contributed by atoms with Gasteiger partial charge in [-0.25, -0.2) is 4.79 Å². The minimum atomic E-state index is -0.486. The van der Waals surface area contributed by atoms with Crippen molar-refractivity contribution in [1.82, 2.24) is 5.06 Å². The minimum Gasteiger partial charge on any atom is -0.399 e. The highest BCUT2D eigenvalue weighted by Gasteiger charge is 2.51. The van der Waals surface area contributed by atoms with Crippen LogP contribution in [0.1, 0.15) is 48.5 Å². The van der Waals surface area contributed by atoms with Crippen LogP contribution in [0.25, 0.3) is 0 Å². The maximum Gasteiger partial charge on any atom is 0.494 e. The summed E-state index contributed by atoms with van der Waals surface area (Å²) in [5.74, 6) is -0.187. The van der Waals surface area contributed by atoms with Crippen molar-refractivity contribution in [2.45, 2.75) is 59.7 Å². The Labute approximate surface area is 169 Å². The number of carbonyl (C=O) groups is 1. The van der Waals surface area contributed by atoms with Gasteiger partial charge in [-0.1, -0.05) is 12.1 Å². The van der Waals surface area contributed by atoms with E-state index in [1.807, 2.05) is 20.8 Å². The van der Waals surface area contributed by atoms with Gasteiger partial charge in [-0.2, -0.15) is 0 Å². The monoisotopic (exact) mass is 388 g/mol. The lowest BCUT2D eigenvalue weighted by Crippen LogP contribution is -2.48.